The van der Waals surface area contributed by atoms with Crippen LogP contribution in [0.1, 0.15) is 16.6 Å². The van der Waals surface area contributed by atoms with E-state index < -0.39 is 0 Å². The van der Waals surface area contributed by atoms with Gasteiger partial charge in [-0.3, -0.25) is 4.79 Å². The first-order chi connectivity index (χ1) is 8.11. The fourth-order valence-corrected chi connectivity index (χ4v) is 3.50. The van der Waals surface area contributed by atoms with Gasteiger partial charge in [-0.2, -0.15) is 0 Å². The summed E-state index contributed by atoms with van der Waals surface area (Å²) in [6.07, 6.45) is 0.0959. The number of amides is 1. The third kappa shape index (κ3) is 3.10. The predicted octanol–water partition coefficient (Wildman–Crippen LogP) is 3.14. The average molecular weight is 383 g/mol. The molecular weight excluding hydrogens is 370 g/mol. The van der Waals surface area contributed by atoms with E-state index in [0.29, 0.717) is 13.2 Å². The van der Waals surface area contributed by atoms with Crippen molar-refractivity contribution in [2.75, 3.05) is 18.5 Å². The number of hydrogen-bond donors (Lipinski definition) is 0. The number of alkyl halides is 1. The Morgan fingerprint density at radius 3 is 3.00 bits per heavy atom. The highest BCUT2D eigenvalue weighted by Crippen LogP contribution is 2.25. The van der Waals surface area contributed by atoms with Crippen LogP contribution in [-0.4, -0.2) is 41.4 Å². The molecule has 0 bridgehead atoms. The molecule has 2 atom stereocenters. The summed E-state index contributed by atoms with van der Waals surface area (Å²) < 4.78 is 6.60. The highest BCUT2D eigenvalue weighted by Gasteiger charge is 2.30. The lowest BCUT2D eigenvalue weighted by molar-refractivity contribution is -0.0359. The summed E-state index contributed by atoms with van der Waals surface area (Å²) in [6, 6.07) is 3.91. The number of hydrogen-bond acceptors (Lipinski definition) is 3. The highest BCUT2D eigenvalue weighted by atomic mass is 79.9. The second-order valence-corrected chi connectivity index (χ2v) is 7.13. The Hall–Kier alpha value is 0.0900. The topological polar surface area (TPSA) is 29.5 Å². The van der Waals surface area contributed by atoms with Crippen LogP contribution in [0.5, 0.6) is 0 Å². The molecule has 1 aromatic rings. The van der Waals surface area contributed by atoms with E-state index in [2.05, 4.69) is 31.9 Å². The van der Waals surface area contributed by atoms with Crippen LogP contribution in [0, 0.1) is 0 Å². The van der Waals surface area contributed by atoms with Crippen molar-refractivity contribution < 1.29 is 9.53 Å². The van der Waals surface area contributed by atoms with Gasteiger partial charge in [-0.05, 0) is 35.0 Å². The molecule has 2 unspecified atom stereocenters. The summed E-state index contributed by atoms with van der Waals surface area (Å²) in [4.78, 5) is 15.0. The molecule has 2 rings (SSSR count). The maximum atomic E-state index is 12.3. The molecule has 6 heteroatoms. The van der Waals surface area contributed by atoms with Gasteiger partial charge in [-0.1, -0.05) is 15.9 Å². The molecule has 17 heavy (non-hydrogen) atoms. The second kappa shape index (κ2) is 5.82. The molecule has 1 aliphatic rings. The second-order valence-electron chi connectivity index (χ2n) is 4.02. The molecule has 0 N–H and O–H groups in total. The van der Waals surface area contributed by atoms with Crippen LogP contribution >= 0.6 is 43.2 Å². The average Bonchev–Trinajstić information content (AvgIpc) is 2.76. The first-order valence-electron chi connectivity index (χ1n) is 5.35. The lowest BCUT2D eigenvalue weighted by Crippen LogP contribution is -2.51. The van der Waals surface area contributed by atoms with Gasteiger partial charge in [0.15, 0.2) is 0 Å². The van der Waals surface area contributed by atoms with Crippen LogP contribution in [0.4, 0.5) is 0 Å². The molecule has 1 aliphatic heterocycles. The largest absolute Gasteiger partial charge is 0.373 e. The normalized spacial score (nSPS) is 25.0. The summed E-state index contributed by atoms with van der Waals surface area (Å²) in [6.45, 7) is 3.28. The number of halogens is 2. The quantitative estimate of drug-likeness (QED) is 0.735. The Balaban J connectivity index is 2.12. The third-order valence-corrected chi connectivity index (χ3v) is 5.06. The Bertz CT molecular complexity index is 410. The van der Waals surface area contributed by atoms with Crippen molar-refractivity contribution in [2.24, 2.45) is 0 Å². The van der Waals surface area contributed by atoms with E-state index in [0.717, 1.165) is 14.0 Å². The lowest BCUT2D eigenvalue weighted by atomic mass is 10.2. The Morgan fingerprint density at radius 1 is 1.65 bits per heavy atom. The number of carbonyl (C=O) groups excluding carboxylic acids is 1. The van der Waals surface area contributed by atoms with Gasteiger partial charge in [0.2, 0.25) is 0 Å². The van der Waals surface area contributed by atoms with E-state index in [1.807, 2.05) is 24.0 Å². The van der Waals surface area contributed by atoms with Gasteiger partial charge in [0.05, 0.1) is 27.4 Å². The minimum Gasteiger partial charge on any atom is -0.373 e. The SMILES string of the molecule is CC1COC(CBr)CN1C(=O)c1ccc(Br)s1. The van der Waals surface area contributed by atoms with Crippen molar-refractivity contribution in [2.45, 2.75) is 19.1 Å². The zero-order chi connectivity index (χ0) is 12.4. The smallest absolute Gasteiger partial charge is 0.264 e. The zero-order valence-corrected chi connectivity index (χ0v) is 13.3. The molecule has 1 amide bonds. The van der Waals surface area contributed by atoms with Crippen LogP contribution < -0.4 is 0 Å². The number of nitrogens with zero attached hydrogens (tertiary/aromatic N) is 1. The lowest BCUT2D eigenvalue weighted by Gasteiger charge is -2.37. The molecule has 0 saturated carbocycles. The molecule has 0 spiro atoms. The van der Waals surface area contributed by atoms with Gasteiger partial charge in [-0.25, -0.2) is 0 Å². The zero-order valence-electron chi connectivity index (χ0n) is 9.36. The minimum absolute atomic E-state index is 0.0959. The molecule has 94 valence electrons. The Kier molecular flexibility index (Phi) is 4.63. The van der Waals surface area contributed by atoms with E-state index in [4.69, 9.17) is 4.74 Å². The van der Waals surface area contributed by atoms with Gasteiger partial charge in [0.25, 0.3) is 5.91 Å². The molecule has 0 radical (unpaired) electrons. The molecule has 0 aliphatic carbocycles. The van der Waals surface area contributed by atoms with E-state index in [9.17, 15) is 4.79 Å². The number of morpholine rings is 1. The summed E-state index contributed by atoms with van der Waals surface area (Å²) in [5.74, 6) is 0.0995. The van der Waals surface area contributed by atoms with Crippen molar-refractivity contribution in [3.63, 3.8) is 0 Å². The van der Waals surface area contributed by atoms with E-state index >= 15 is 0 Å². The molecule has 1 aromatic heterocycles. The fourth-order valence-electron chi connectivity index (χ4n) is 1.76. The van der Waals surface area contributed by atoms with Gasteiger partial charge < -0.3 is 9.64 Å². The molecular formula is C11H13Br2NO2S. The maximum Gasteiger partial charge on any atom is 0.264 e. The van der Waals surface area contributed by atoms with E-state index in [-0.39, 0.29) is 18.1 Å². The highest BCUT2D eigenvalue weighted by molar-refractivity contribution is 9.11. The fraction of sp³-hybridized carbons (Fsp3) is 0.545. The van der Waals surface area contributed by atoms with Crippen molar-refractivity contribution in [3.8, 4) is 0 Å². The Labute approximate surface area is 121 Å². The number of ether oxygens (including phenoxy) is 1. The molecule has 1 fully saturated rings. The standard InChI is InChI=1S/C11H13Br2NO2S/c1-7-6-16-8(4-12)5-14(7)11(15)9-2-3-10(13)17-9/h2-3,7-8H,4-6H2,1H3. The summed E-state index contributed by atoms with van der Waals surface area (Å²) in [5, 5.41) is 0.762. The Morgan fingerprint density at radius 2 is 2.41 bits per heavy atom. The number of rotatable bonds is 2. The monoisotopic (exact) mass is 381 g/mol. The first-order valence-corrected chi connectivity index (χ1v) is 8.08. The number of thiophene rings is 1. The maximum absolute atomic E-state index is 12.3. The summed E-state index contributed by atoms with van der Waals surface area (Å²) in [7, 11) is 0. The van der Waals surface area contributed by atoms with E-state index in [1.54, 1.807) is 0 Å². The first kappa shape index (κ1) is 13.5. The molecule has 2 heterocycles. The minimum atomic E-state index is 0.0959. The van der Waals surface area contributed by atoms with Crippen LogP contribution in [0.25, 0.3) is 0 Å². The van der Waals surface area contributed by atoms with Crippen LogP contribution in [0.2, 0.25) is 0 Å². The van der Waals surface area contributed by atoms with Crippen LogP contribution in [0.15, 0.2) is 15.9 Å². The van der Waals surface area contributed by atoms with Crippen molar-refractivity contribution in [3.05, 3.63) is 20.8 Å². The molecule has 1 saturated heterocycles. The van der Waals surface area contributed by atoms with Gasteiger partial charge in [0, 0.05) is 11.9 Å². The summed E-state index contributed by atoms with van der Waals surface area (Å²) in [5.41, 5.74) is 0. The molecule has 3 nitrogen and oxygen atoms in total. The van der Waals surface area contributed by atoms with Gasteiger partial charge in [-0.15, -0.1) is 11.3 Å². The number of carbonyl (C=O) groups is 1. The third-order valence-electron chi connectivity index (χ3n) is 2.72. The van der Waals surface area contributed by atoms with Gasteiger partial charge in [0.1, 0.15) is 0 Å². The van der Waals surface area contributed by atoms with E-state index in [1.165, 1.54) is 11.3 Å². The summed E-state index contributed by atoms with van der Waals surface area (Å²) >= 11 is 8.25. The van der Waals surface area contributed by atoms with Crippen molar-refractivity contribution in [1.82, 2.24) is 4.90 Å². The van der Waals surface area contributed by atoms with Crippen LogP contribution in [-0.2, 0) is 4.74 Å². The van der Waals surface area contributed by atoms with Crippen molar-refractivity contribution >= 4 is 49.1 Å². The predicted molar refractivity (Wildman–Crippen MR) is 76.1 cm³/mol. The van der Waals surface area contributed by atoms with Gasteiger partial charge >= 0.3 is 0 Å². The van der Waals surface area contributed by atoms with Crippen LogP contribution in [0.3, 0.4) is 0 Å². The molecule has 0 aromatic carbocycles. The van der Waals surface area contributed by atoms with Crippen molar-refractivity contribution in [1.29, 1.82) is 0 Å².